The van der Waals surface area contributed by atoms with Crippen LogP contribution < -0.4 is 0 Å². The molecular formula is C13H16O2. The normalized spacial score (nSPS) is 11.1. The molecule has 80 valence electrons. The van der Waals surface area contributed by atoms with Crippen molar-refractivity contribution in [1.29, 1.82) is 0 Å². The van der Waals surface area contributed by atoms with Gasteiger partial charge in [0.15, 0.2) is 5.79 Å². The van der Waals surface area contributed by atoms with Crippen LogP contribution in [0.2, 0.25) is 0 Å². The average molecular weight is 204 g/mol. The van der Waals surface area contributed by atoms with Gasteiger partial charge in [-0.25, -0.2) is 0 Å². The molecule has 0 fully saturated rings. The summed E-state index contributed by atoms with van der Waals surface area (Å²) in [5, 5.41) is 9.33. The van der Waals surface area contributed by atoms with Gasteiger partial charge in [-0.15, -0.1) is 6.42 Å². The first-order chi connectivity index (χ1) is 7.01. The Bertz CT molecular complexity index is 338. The minimum Gasteiger partial charge on any atom is -0.366 e. The molecule has 2 heteroatoms. The van der Waals surface area contributed by atoms with Crippen LogP contribution in [0.3, 0.4) is 0 Å². The van der Waals surface area contributed by atoms with Crippen LogP contribution in [0, 0.1) is 12.3 Å². The maximum Gasteiger partial charge on any atom is 0.159 e. The molecule has 0 heterocycles. The van der Waals surface area contributed by atoms with Crippen LogP contribution in [0.25, 0.3) is 0 Å². The molecule has 1 aromatic carbocycles. The van der Waals surface area contributed by atoms with Gasteiger partial charge in [0.05, 0.1) is 6.61 Å². The van der Waals surface area contributed by atoms with Crippen molar-refractivity contribution in [2.45, 2.75) is 26.1 Å². The molecule has 1 rings (SSSR count). The van der Waals surface area contributed by atoms with E-state index in [0.717, 1.165) is 17.5 Å². The van der Waals surface area contributed by atoms with Gasteiger partial charge in [0.25, 0.3) is 0 Å². The van der Waals surface area contributed by atoms with Gasteiger partial charge in [-0.2, -0.15) is 0 Å². The molecule has 0 radical (unpaired) electrons. The van der Waals surface area contributed by atoms with E-state index in [1.165, 1.54) is 0 Å². The summed E-state index contributed by atoms with van der Waals surface area (Å²) >= 11 is 0. The fraction of sp³-hybridized carbons (Fsp3) is 0.385. The Kier molecular flexibility index (Phi) is 3.90. The molecule has 0 aliphatic heterocycles. The summed E-state index contributed by atoms with van der Waals surface area (Å²) in [5.74, 6) is 1.51. The van der Waals surface area contributed by atoms with Gasteiger partial charge in [0, 0.05) is 5.56 Å². The third kappa shape index (κ3) is 4.64. The highest BCUT2D eigenvalue weighted by atomic mass is 16.6. The Morgan fingerprint density at radius 1 is 1.33 bits per heavy atom. The maximum absolute atomic E-state index is 9.33. The van der Waals surface area contributed by atoms with Gasteiger partial charge >= 0.3 is 0 Å². The zero-order chi connectivity index (χ0) is 11.3. The molecule has 1 aromatic rings. The zero-order valence-corrected chi connectivity index (χ0v) is 9.16. The smallest absolute Gasteiger partial charge is 0.159 e. The predicted molar refractivity (Wildman–Crippen MR) is 60.3 cm³/mol. The quantitative estimate of drug-likeness (QED) is 0.600. The fourth-order valence-electron chi connectivity index (χ4n) is 1.19. The summed E-state index contributed by atoms with van der Waals surface area (Å²) in [7, 11) is 0. The van der Waals surface area contributed by atoms with Gasteiger partial charge in [0.1, 0.15) is 0 Å². The average Bonchev–Trinajstić information content (AvgIpc) is 2.17. The molecule has 2 nitrogen and oxygen atoms in total. The molecule has 1 N–H and O–H groups in total. The maximum atomic E-state index is 9.33. The molecule has 0 spiro atoms. The lowest BCUT2D eigenvalue weighted by Gasteiger charge is -2.17. The Morgan fingerprint density at radius 2 is 1.93 bits per heavy atom. The highest BCUT2D eigenvalue weighted by Gasteiger charge is 2.11. The molecule has 0 amide bonds. The number of ether oxygens (including phenoxy) is 1. The van der Waals surface area contributed by atoms with Crippen molar-refractivity contribution >= 4 is 0 Å². The minimum atomic E-state index is -1.06. The molecule has 15 heavy (non-hydrogen) atoms. The first-order valence-corrected chi connectivity index (χ1v) is 4.93. The summed E-state index contributed by atoms with van der Waals surface area (Å²) < 4.78 is 5.21. The topological polar surface area (TPSA) is 29.5 Å². The van der Waals surface area contributed by atoms with Crippen LogP contribution in [0.1, 0.15) is 25.0 Å². The number of benzene rings is 1. The second kappa shape index (κ2) is 4.97. The van der Waals surface area contributed by atoms with E-state index in [4.69, 9.17) is 11.2 Å². The minimum absolute atomic E-state index is 0.499. The number of rotatable bonds is 4. The summed E-state index contributed by atoms with van der Waals surface area (Å²) in [4.78, 5) is 0. The van der Waals surface area contributed by atoms with E-state index in [-0.39, 0.29) is 0 Å². The lowest BCUT2D eigenvalue weighted by Crippen LogP contribution is -2.24. The van der Waals surface area contributed by atoms with Crippen LogP contribution >= 0.6 is 0 Å². The fourth-order valence-corrected chi connectivity index (χ4v) is 1.19. The lowest BCUT2D eigenvalue weighted by atomic mass is 10.1. The number of hydrogen-bond acceptors (Lipinski definition) is 2. The van der Waals surface area contributed by atoms with Crippen molar-refractivity contribution in [2.24, 2.45) is 0 Å². The summed E-state index contributed by atoms with van der Waals surface area (Å²) in [6, 6.07) is 7.75. The highest BCUT2D eigenvalue weighted by Crippen LogP contribution is 2.07. The highest BCUT2D eigenvalue weighted by molar-refractivity contribution is 5.34. The van der Waals surface area contributed by atoms with E-state index in [1.54, 1.807) is 13.8 Å². The van der Waals surface area contributed by atoms with Gasteiger partial charge in [0.2, 0.25) is 0 Å². The predicted octanol–water partition coefficient (Wildman–Crippen LogP) is 1.96. The first-order valence-electron chi connectivity index (χ1n) is 4.93. The van der Waals surface area contributed by atoms with Crippen LogP contribution in [-0.2, 0) is 11.2 Å². The zero-order valence-electron chi connectivity index (χ0n) is 9.16. The van der Waals surface area contributed by atoms with E-state index >= 15 is 0 Å². The first kappa shape index (κ1) is 11.8. The molecule has 0 aliphatic carbocycles. The molecule has 0 saturated heterocycles. The van der Waals surface area contributed by atoms with Crippen LogP contribution in [0.4, 0.5) is 0 Å². The van der Waals surface area contributed by atoms with Crippen molar-refractivity contribution in [2.75, 3.05) is 6.61 Å². The molecule has 0 unspecified atom stereocenters. The molecular weight excluding hydrogens is 188 g/mol. The van der Waals surface area contributed by atoms with Crippen molar-refractivity contribution in [3.63, 3.8) is 0 Å². The lowest BCUT2D eigenvalue weighted by molar-refractivity contribution is -0.175. The number of aliphatic hydroxyl groups is 1. The van der Waals surface area contributed by atoms with E-state index in [0.29, 0.717) is 6.61 Å². The van der Waals surface area contributed by atoms with E-state index in [2.05, 4.69) is 5.92 Å². The van der Waals surface area contributed by atoms with E-state index in [1.807, 2.05) is 24.3 Å². The van der Waals surface area contributed by atoms with E-state index < -0.39 is 5.79 Å². The standard InChI is InChI=1S/C13H16O2/c1-4-11-5-7-12(8-6-11)9-10-15-13(2,3)14/h1,5-8,14H,9-10H2,2-3H3. The van der Waals surface area contributed by atoms with Crippen molar-refractivity contribution in [3.05, 3.63) is 35.4 Å². The summed E-state index contributed by atoms with van der Waals surface area (Å²) in [6.45, 7) is 3.74. The van der Waals surface area contributed by atoms with Crippen LogP contribution in [-0.4, -0.2) is 17.5 Å². The number of terminal acetylenes is 1. The van der Waals surface area contributed by atoms with E-state index in [9.17, 15) is 5.11 Å². The van der Waals surface area contributed by atoms with Gasteiger partial charge < -0.3 is 9.84 Å². The monoisotopic (exact) mass is 204 g/mol. The third-order valence-corrected chi connectivity index (χ3v) is 1.97. The van der Waals surface area contributed by atoms with Gasteiger partial charge in [-0.3, -0.25) is 0 Å². The van der Waals surface area contributed by atoms with Crippen LogP contribution in [0.15, 0.2) is 24.3 Å². The van der Waals surface area contributed by atoms with Crippen molar-refractivity contribution < 1.29 is 9.84 Å². The Balaban J connectivity index is 2.42. The van der Waals surface area contributed by atoms with Gasteiger partial charge in [-0.1, -0.05) is 18.1 Å². The Morgan fingerprint density at radius 3 is 2.40 bits per heavy atom. The Labute approximate surface area is 90.9 Å². The molecule has 0 saturated carbocycles. The Hall–Kier alpha value is -1.30. The molecule has 0 aliphatic rings. The summed E-state index contributed by atoms with van der Waals surface area (Å²) in [6.07, 6.45) is 6.02. The second-order valence-corrected chi connectivity index (χ2v) is 3.89. The largest absolute Gasteiger partial charge is 0.366 e. The molecule has 0 atom stereocenters. The second-order valence-electron chi connectivity index (χ2n) is 3.89. The number of hydrogen-bond donors (Lipinski definition) is 1. The van der Waals surface area contributed by atoms with Crippen molar-refractivity contribution in [3.8, 4) is 12.3 Å². The van der Waals surface area contributed by atoms with Gasteiger partial charge in [-0.05, 0) is 38.0 Å². The van der Waals surface area contributed by atoms with Crippen molar-refractivity contribution in [1.82, 2.24) is 0 Å². The third-order valence-electron chi connectivity index (χ3n) is 1.97. The summed E-state index contributed by atoms with van der Waals surface area (Å²) in [5.41, 5.74) is 2.03. The SMILES string of the molecule is C#Cc1ccc(CCOC(C)(C)O)cc1. The molecule has 0 bridgehead atoms. The molecule has 0 aromatic heterocycles. The van der Waals surface area contributed by atoms with Crippen LogP contribution in [0.5, 0.6) is 0 Å².